The summed E-state index contributed by atoms with van der Waals surface area (Å²) in [6.07, 6.45) is 1.30. The second-order valence-electron chi connectivity index (χ2n) is 4.98. The lowest BCUT2D eigenvalue weighted by atomic mass is 10.2. The molecule has 96 valence electrons. The van der Waals surface area contributed by atoms with Crippen LogP contribution in [0.4, 0.5) is 0 Å². The van der Waals surface area contributed by atoms with E-state index in [4.69, 9.17) is 0 Å². The highest BCUT2D eigenvalue weighted by molar-refractivity contribution is 7.99. The van der Waals surface area contributed by atoms with Crippen LogP contribution in [0.15, 0.2) is 18.2 Å². The highest BCUT2D eigenvalue weighted by atomic mass is 32.2. The second-order valence-corrected chi connectivity index (χ2v) is 6.13. The molecule has 1 N–H and O–H groups in total. The van der Waals surface area contributed by atoms with E-state index in [1.807, 2.05) is 18.7 Å². The number of nitrogens with zero attached hydrogens (tertiary/aromatic N) is 2. The fraction of sp³-hybridized carbons (Fsp3) is 0.500. The summed E-state index contributed by atoms with van der Waals surface area (Å²) in [7, 11) is 2.07. The third-order valence-corrected chi connectivity index (χ3v) is 4.86. The predicted molar refractivity (Wildman–Crippen MR) is 78.0 cm³/mol. The second kappa shape index (κ2) is 4.94. The Kier molecular flexibility index (Phi) is 3.31. The molecule has 0 aliphatic carbocycles. The molecule has 0 radical (unpaired) electrons. The third kappa shape index (κ3) is 2.27. The van der Waals surface area contributed by atoms with Crippen LogP contribution in [0, 0.1) is 6.92 Å². The van der Waals surface area contributed by atoms with Crippen LogP contribution in [0.1, 0.15) is 17.8 Å². The molecule has 3 rings (SSSR count). The van der Waals surface area contributed by atoms with Gasteiger partial charge in [-0.05, 0) is 36.8 Å². The quantitative estimate of drug-likeness (QED) is 0.920. The highest BCUT2D eigenvalue weighted by Gasteiger charge is 2.14. The van der Waals surface area contributed by atoms with Gasteiger partial charge in [-0.15, -0.1) is 0 Å². The summed E-state index contributed by atoms with van der Waals surface area (Å²) in [5, 5.41) is 3.63. The number of imidazole rings is 1. The minimum absolute atomic E-state index is 0.691. The zero-order chi connectivity index (χ0) is 12.5. The molecule has 3 nitrogen and oxygen atoms in total. The van der Waals surface area contributed by atoms with E-state index in [2.05, 4.69) is 40.1 Å². The summed E-state index contributed by atoms with van der Waals surface area (Å²) < 4.78 is 2.14. The van der Waals surface area contributed by atoms with Crippen LogP contribution in [0.2, 0.25) is 0 Å². The van der Waals surface area contributed by atoms with Gasteiger partial charge in [-0.1, -0.05) is 6.07 Å². The van der Waals surface area contributed by atoms with E-state index in [-0.39, 0.29) is 0 Å². The van der Waals surface area contributed by atoms with Gasteiger partial charge in [0.15, 0.2) is 0 Å². The Balaban J connectivity index is 1.76. The number of thioether (sulfide) groups is 1. The minimum Gasteiger partial charge on any atom is -0.331 e. The van der Waals surface area contributed by atoms with E-state index < -0.39 is 0 Å². The number of hydrogen-bond acceptors (Lipinski definition) is 3. The van der Waals surface area contributed by atoms with Crippen LogP contribution in [-0.2, 0) is 13.6 Å². The lowest BCUT2D eigenvalue weighted by Gasteiger charge is -2.10. The molecule has 1 fully saturated rings. The first-order chi connectivity index (χ1) is 8.74. The molecule has 1 aliphatic rings. The molecule has 18 heavy (non-hydrogen) atoms. The Hall–Kier alpha value is -1.00. The molecule has 0 spiro atoms. The molecule has 1 atom stereocenters. The monoisotopic (exact) mass is 261 g/mol. The van der Waals surface area contributed by atoms with Gasteiger partial charge in [-0.3, -0.25) is 0 Å². The molecular weight excluding hydrogens is 242 g/mol. The first-order valence-electron chi connectivity index (χ1n) is 6.47. The van der Waals surface area contributed by atoms with E-state index in [1.54, 1.807) is 0 Å². The molecule has 0 saturated carbocycles. The Morgan fingerprint density at radius 3 is 3.17 bits per heavy atom. The smallest absolute Gasteiger partial charge is 0.106 e. The van der Waals surface area contributed by atoms with Gasteiger partial charge in [0.2, 0.25) is 0 Å². The van der Waals surface area contributed by atoms with Crippen LogP contribution < -0.4 is 5.32 Å². The first-order valence-corrected chi connectivity index (χ1v) is 7.62. The Morgan fingerprint density at radius 2 is 2.39 bits per heavy atom. The van der Waals surface area contributed by atoms with Crippen LogP contribution in [-0.4, -0.2) is 27.1 Å². The molecular formula is C14H19N3S. The van der Waals surface area contributed by atoms with Gasteiger partial charge >= 0.3 is 0 Å². The topological polar surface area (TPSA) is 29.9 Å². The molecule has 1 aromatic heterocycles. The van der Waals surface area contributed by atoms with E-state index in [9.17, 15) is 0 Å². The third-order valence-electron chi connectivity index (χ3n) is 3.69. The molecule has 4 heteroatoms. The summed E-state index contributed by atoms with van der Waals surface area (Å²) in [6, 6.07) is 7.28. The Labute approximate surface area is 112 Å². The van der Waals surface area contributed by atoms with Gasteiger partial charge in [0.1, 0.15) is 5.82 Å². The Morgan fingerprint density at radius 1 is 1.50 bits per heavy atom. The summed E-state index contributed by atoms with van der Waals surface area (Å²) in [6.45, 7) is 3.00. The summed E-state index contributed by atoms with van der Waals surface area (Å²) in [4.78, 5) is 4.58. The maximum absolute atomic E-state index is 4.58. The predicted octanol–water partition coefficient (Wildman–Crippen LogP) is 2.48. The molecule has 0 amide bonds. The fourth-order valence-electron chi connectivity index (χ4n) is 2.43. The average molecular weight is 261 g/mol. The van der Waals surface area contributed by atoms with Gasteiger partial charge in [0.25, 0.3) is 0 Å². The molecule has 0 bridgehead atoms. The average Bonchev–Trinajstić information content (AvgIpc) is 2.97. The molecule has 1 saturated heterocycles. The van der Waals surface area contributed by atoms with Crippen molar-refractivity contribution in [2.24, 2.45) is 7.05 Å². The van der Waals surface area contributed by atoms with Crippen molar-refractivity contribution in [1.82, 2.24) is 14.9 Å². The number of aryl methyl sites for hydroxylation is 2. The van der Waals surface area contributed by atoms with E-state index in [0.717, 1.165) is 17.9 Å². The van der Waals surface area contributed by atoms with Crippen molar-refractivity contribution >= 4 is 22.8 Å². The first kappa shape index (κ1) is 12.1. The lowest BCUT2D eigenvalue weighted by molar-refractivity contribution is 0.558. The van der Waals surface area contributed by atoms with Crippen molar-refractivity contribution < 1.29 is 0 Å². The fourth-order valence-corrected chi connectivity index (χ4v) is 3.62. The van der Waals surface area contributed by atoms with Gasteiger partial charge in [0, 0.05) is 25.4 Å². The van der Waals surface area contributed by atoms with E-state index in [1.165, 1.54) is 29.0 Å². The maximum Gasteiger partial charge on any atom is 0.106 e. The van der Waals surface area contributed by atoms with Crippen molar-refractivity contribution in [3.05, 3.63) is 29.6 Å². The maximum atomic E-state index is 4.58. The van der Waals surface area contributed by atoms with Crippen LogP contribution in [0.25, 0.3) is 11.0 Å². The summed E-state index contributed by atoms with van der Waals surface area (Å²) in [5.41, 5.74) is 3.65. The van der Waals surface area contributed by atoms with Crippen LogP contribution in [0.3, 0.4) is 0 Å². The molecule has 2 heterocycles. The SMILES string of the molecule is Cc1nc2cc(CN[C@H]3CCSC3)ccc2n1C. The van der Waals surface area contributed by atoms with Gasteiger partial charge in [-0.2, -0.15) is 11.8 Å². The summed E-state index contributed by atoms with van der Waals surface area (Å²) in [5.74, 6) is 3.63. The van der Waals surface area contributed by atoms with E-state index >= 15 is 0 Å². The number of rotatable bonds is 3. The van der Waals surface area contributed by atoms with Gasteiger partial charge in [-0.25, -0.2) is 4.98 Å². The molecule has 1 aliphatic heterocycles. The lowest BCUT2D eigenvalue weighted by Crippen LogP contribution is -2.27. The largest absolute Gasteiger partial charge is 0.331 e. The number of fused-ring (bicyclic) bond motifs is 1. The van der Waals surface area contributed by atoms with Crippen molar-refractivity contribution in [3.63, 3.8) is 0 Å². The van der Waals surface area contributed by atoms with Gasteiger partial charge in [0.05, 0.1) is 11.0 Å². The zero-order valence-electron chi connectivity index (χ0n) is 10.9. The molecule has 1 aromatic carbocycles. The van der Waals surface area contributed by atoms with Crippen molar-refractivity contribution in [3.8, 4) is 0 Å². The van der Waals surface area contributed by atoms with Crippen LogP contribution in [0.5, 0.6) is 0 Å². The van der Waals surface area contributed by atoms with E-state index in [0.29, 0.717) is 6.04 Å². The highest BCUT2D eigenvalue weighted by Crippen LogP contribution is 2.19. The van der Waals surface area contributed by atoms with Crippen molar-refractivity contribution in [2.75, 3.05) is 11.5 Å². The molecule has 0 unspecified atom stereocenters. The standard InChI is InChI=1S/C14H19N3S/c1-10-16-13-7-11(3-4-14(13)17(10)2)8-15-12-5-6-18-9-12/h3-4,7,12,15H,5-6,8-9H2,1-2H3/t12-/m0/s1. The van der Waals surface area contributed by atoms with Gasteiger partial charge < -0.3 is 9.88 Å². The van der Waals surface area contributed by atoms with Crippen LogP contribution >= 0.6 is 11.8 Å². The number of aromatic nitrogens is 2. The number of nitrogens with one attached hydrogen (secondary N) is 1. The summed E-state index contributed by atoms with van der Waals surface area (Å²) >= 11 is 2.05. The number of hydrogen-bond donors (Lipinski definition) is 1. The normalized spacial score (nSPS) is 19.8. The van der Waals surface area contributed by atoms with Crippen molar-refractivity contribution in [1.29, 1.82) is 0 Å². The van der Waals surface area contributed by atoms with Crippen molar-refractivity contribution in [2.45, 2.75) is 25.9 Å². The Bertz CT molecular complexity index is 555. The number of benzene rings is 1. The zero-order valence-corrected chi connectivity index (χ0v) is 11.8. The minimum atomic E-state index is 0.691. The molecule has 2 aromatic rings.